The third-order valence-corrected chi connectivity index (χ3v) is 5.79. The van der Waals surface area contributed by atoms with Crippen LogP contribution in [0.5, 0.6) is 0 Å². The van der Waals surface area contributed by atoms with Crippen LogP contribution in [0.3, 0.4) is 0 Å². The van der Waals surface area contributed by atoms with Gasteiger partial charge >= 0.3 is 14.8 Å². The third-order valence-electron chi connectivity index (χ3n) is 2.64. The van der Waals surface area contributed by atoms with Crippen LogP contribution in [0, 0.1) is 0 Å². The standard InChI is InChI=1S/C14H29NO5Si/c1-7-17-21(18-8-2,19-9-3)12-10-11-15(6)20-14(16)13(4)5/h4,7-12H2,1-3,5-6H3. The van der Waals surface area contributed by atoms with Crippen molar-refractivity contribution in [3.8, 4) is 0 Å². The van der Waals surface area contributed by atoms with E-state index in [-0.39, 0.29) is 0 Å². The molecular formula is C14H29NO5Si. The van der Waals surface area contributed by atoms with E-state index in [2.05, 4.69) is 6.58 Å². The summed E-state index contributed by atoms with van der Waals surface area (Å²) < 4.78 is 17.3. The monoisotopic (exact) mass is 319 g/mol. The van der Waals surface area contributed by atoms with E-state index >= 15 is 0 Å². The molecule has 6 nitrogen and oxygen atoms in total. The molecule has 0 N–H and O–H groups in total. The van der Waals surface area contributed by atoms with E-state index in [0.29, 0.717) is 38.0 Å². The molecule has 0 rings (SSSR count). The quantitative estimate of drug-likeness (QED) is 0.313. The first-order valence-corrected chi connectivity index (χ1v) is 9.34. The number of carbonyl (C=O) groups is 1. The van der Waals surface area contributed by atoms with Crippen LogP contribution >= 0.6 is 0 Å². The maximum absolute atomic E-state index is 11.4. The van der Waals surface area contributed by atoms with Gasteiger partial charge in [0.1, 0.15) is 0 Å². The Balaban J connectivity index is 4.34. The Morgan fingerprint density at radius 2 is 1.57 bits per heavy atom. The van der Waals surface area contributed by atoms with Crippen LogP contribution in [-0.2, 0) is 22.9 Å². The zero-order valence-corrected chi connectivity index (χ0v) is 14.9. The lowest BCUT2D eigenvalue weighted by atomic mass is 10.4. The Bertz CT molecular complexity index is 307. The lowest BCUT2D eigenvalue weighted by Gasteiger charge is -2.29. The van der Waals surface area contributed by atoms with E-state index < -0.39 is 14.8 Å². The topological polar surface area (TPSA) is 57.2 Å². The molecule has 0 unspecified atom stereocenters. The van der Waals surface area contributed by atoms with Gasteiger partial charge in [0.05, 0.1) is 0 Å². The van der Waals surface area contributed by atoms with Gasteiger partial charge in [-0.2, -0.15) is 0 Å². The highest BCUT2D eigenvalue weighted by atomic mass is 28.4. The molecule has 0 aliphatic carbocycles. The molecule has 7 heteroatoms. The van der Waals surface area contributed by atoms with Crippen molar-refractivity contribution in [2.45, 2.75) is 40.2 Å². The van der Waals surface area contributed by atoms with Gasteiger partial charge in [-0.25, -0.2) is 4.79 Å². The first kappa shape index (κ1) is 20.3. The van der Waals surface area contributed by atoms with Gasteiger partial charge in [0.15, 0.2) is 0 Å². The Labute approximate surface area is 129 Å². The summed E-state index contributed by atoms with van der Waals surface area (Å²) in [5.74, 6) is -0.416. The van der Waals surface area contributed by atoms with Crippen molar-refractivity contribution in [3.63, 3.8) is 0 Å². The van der Waals surface area contributed by atoms with E-state index in [1.165, 1.54) is 5.06 Å². The van der Waals surface area contributed by atoms with Gasteiger partial charge < -0.3 is 18.1 Å². The molecule has 0 spiro atoms. The molecule has 0 radical (unpaired) electrons. The van der Waals surface area contributed by atoms with Gasteiger partial charge in [-0.15, -0.1) is 5.06 Å². The van der Waals surface area contributed by atoms with Crippen LogP contribution in [0.4, 0.5) is 0 Å². The molecule has 0 amide bonds. The van der Waals surface area contributed by atoms with E-state index in [4.69, 9.17) is 18.1 Å². The minimum atomic E-state index is -2.61. The third kappa shape index (κ3) is 8.33. The summed E-state index contributed by atoms with van der Waals surface area (Å²) in [6.07, 6.45) is 0.756. The predicted octanol–water partition coefficient (Wildman–Crippen LogP) is 2.39. The molecule has 0 bridgehead atoms. The van der Waals surface area contributed by atoms with Crippen molar-refractivity contribution in [2.24, 2.45) is 0 Å². The summed E-state index contributed by atoms with van der Waals surface area (Å²) >= 11 is 0. The van der Waals surface area contributed by atoms with Crippen molar-refractivity contribution < 1.29 is 22.9 Å². The molecule has 0 saturated heterocycles. The van der Waals surface area contributed by atoms with Crippen molar-refractivity contribution in [3.05, 3.63) is 12.2 Å². The molecule has 0 saturated carbocycles. The Hall–Kier alpha value is -0.733. The molecule has 0 aromatic carbocycles. The minimum Gasteiger partial charge on any atom is -0.374 e. The maximum atomic E-state index is 11.4. The molecule has 0 heterocycles. The largest absolute Gasteiger partial charge is 0.500 e. The second-order valence-electron chi connectivity index (χ2n) is 4.60. The van der Waals surface area contributed by atoms with E-state index in [1.807, 2.05) is 20.8 Å². The van der Waals surface area contributed by atoms with E-state index in [0.717, 1.165) is 6.42 Å². The van der Waals surface area contributed by atoms with Gasteiger partial charge in [-0.1, -0.05) is 6.58 Å². The lowest BCUT2D eigenvalue weighted by molar-refractivity contribution is -0.178. The van der Waals surface area contributed by atoms with Crippen LogP contribution in [-0.4, -0.2) is 53.3 Å². The normalized spacial score (nSPS) is 11.7. The zero-order valence-electron chi connectivity index (χ0n) is 13.9. The Morgan fingerprint density at radius 1 is 1.10 bits per heavy atom. The lowest BCUT2D eigenvalue weighted by Crippen LogP contribution is -2.46. The van der Waals surface area contributed by atoms with Crippen LogP contribution in [0.15, 0.2) is 12.2 Å². The van der Waals surface area contributed by atoms with Crippen LogP contribution in [0.1, 0.15) is 34.1 Å². The van der Waals surface area contributed by atoms with Gasteiger partial charge in [-0.3, -0.25) is 0 Å². The van der Waals surface area contributed by atoms with Crippen LogP contribution in [0.25, 0.3) is 0 Å². The second-order valence-corrected chi connectivity index (χ2v) is 7.33. The SMILES string of the molecule is C=C(C)C(=O)ON(C)CCC[Si](OCC)(OCC)OCC. The van der Waals surface area contributed by atoms with E-state index in [9.17, 15) is 4.79 Å². The molecule has 0 aliphatic rings. The number of hydrogen-bond acceptors (Lipinski definition) is 6. The molecule has 21 heavy (non-hydrogen) atoms. The van der Waals surface area contributed by atoms with Crippen LogP contribution < -0.4 is 0 Å². The first-order chi connectivity index (χ1) is 9.90. The molecular weight excluding hydrogens is 290 g/mol. The van der Waals surface area contributed by atoms with Gasteiger partial charge in [0, 0.05) is 45.0 Å². The molecule has 0 aromatic heterocycles. The minimum absolute atomic E-state index is 0.378. The average Bonchev–Trinajstić information content (AvgIpc) is 2.39. The number of nitrogens with zero attached hydrogens (tertiary/aromatic N) is 1. The predicted molar refractivity (Wildman–Crippen MR) is 83.6 cm³/mol. The fraction of sp³-hybridized carbons (Fsp3) is 0.786. The maximum Gasteiger partial charge on any atom is 0.500 e. The summed E-state index contributed by atoms with van der Waals surface area (Å²) in [6, 6.07) is 0.692. The number of hydrogen-bond donors (Lipinski definition) is 0. The summed E-state index contributed by atoms with van der Waals surface area (Å²) in [5, 5.41) is 1.50. The van der Waals surface area contributed by atoms with Gasteiger partial charge in [0.2, 0.25) is 0 Å². The fourth-order valence-corrected chi connectivity index (χ4v) is 4.38. The molecule has 0 fully saturated rings. The molecule has 0 aromatic rings. The smallest absolute Gasteiger partial charge is 0.374 e. The molecule has 124 valence electrons. The summed E-state index contributed by atoms with van der Waals surface area (Å²) in [7, 11) is -0.894. The van der Waals surface area contributed by atoms with Crippen LogP contribution in [0.2, 0.25) is 6.04 Å². The first-order valence-electron chi connectivity index (χ1n) is 7.41. The Kier molecular flexibility index (Phi) is 10.5. The second kappa shape index (κ2) is 10.9. The summed E-state index contributed by atoms with van der Waals surface area (Å²) in [5.41, 5.74) is 0.378. The van der Waals surface area contributed by atoms with Crippen molar-refractivity contribution in [1.82, 2.24) is 5.06 Å². The fourth-order valence-electron chi connectivity index (χ4n) is 1.78. The highest BCUT2D eigenvalue weighted by Crippen LogP contribution is 2.18. The molecule has 0 aliphatic heterocycles. The Morgan fingerprint density at radius 3 is 1.95 bits per heavy atom. The summed E-state index contributed by atoms with van der Waals surface area (Å²) in [4.78, 5) is 16.5. The highest BCUT2D eigenvalue weighted by molar-refractivity contribution is 6.60. The van der Waals surface area contributed by atoms with Crippen molar-refractivity contribution in [2.75, 3.05) is 33.4 Å². The highest BCUT2D eigenvalue weighted by Gasteiger charge is 2.39. The summed E-state index contributed by atoms with van der Waals surface area (Å²) in [6.45, 7) is 13.2. The van der Waals surface area contributed by atoms with Crippen molar-refractivity contribution in [1.29, 1.82) is 0 Å². The van der Waals surface area contributed by atoms with E-state index in [1.54, 1.807) is 14.0 Å². The number of rotatable bonds is 12. The number of hydroxylamine groups is 2. The zero-order chi connectivity index (χ0) is 16.3. The number of carbonyl (C=O) groups excluding carboxylic acids is 1. The van der Waals surface area contributed by atoms with Gasteiger partial charge in [0.25, 0.3) is 0 Å². The van der Waals surface area contributed by atoms with Gasteiger partial charge in [-0.05, 0) is 34.1 Å². The average molecular weight is 319 g/mol. The molecule has 0 atom stereocenters. The van der Waals surface area contributed by atoms with Crippen molar-refractivity contribution >= 4 is 14.8 Å².